The zero-order chi connectivity index (χ0) is 14.1. The number of benzene rings is 1. The molecule has 104 valence electrons. The largest absolute Gasteiger partial charge is 0.346 e. The number of hydrogen-bond acceptors (Lipinski definition) is 3. The van der Waals surface area contributed by atoms with Crippen LogP contribution in [0.5, 0.6) is 0 Å². The van der Waals surface area contributed by atoms with Crippen molar-refractivity contribution in [1.29, 1.82) is 0 Å². The number of carbonyl (C=O) groups excluding carboxylic acids is 1. The molecule has 1 aromatic carbocycles. The summed E-state index contributed by atoms with van der Waals surface area (Å²) < 4.78 is 23.0. The third-order valence-electron chi connectivity index (χ3n) is 3.29. The number of amides is 1. The van der Waals surface area contributed by atoms with Gasteiger partial charge in [0.1, 0.15) is 0 Å². The molecule has 1 aliphatic heterocycles. The van der Waals surface area contributed by atoms with Crippen molar-refractivity contribution in [3.8, 4) is 0 Å². The van der Waals surface area contributed by atoms with Gasteiger partial charge in [-0.1, -0.05) is 12.1 Å². The Kier molecular flexibility index (Phi) is 3.87. The Balaban J connectivity index is 2.08. The molecule has 1 aliphatic rings. The van der Waals surface area contributed by atoms with Crippen molar-refractivity contribution >= 4 is 27.3 Å². The molecule has 1 saturated heterocycles. The first-order chi connectivity index (χ1) is 8.84. The Labute approximate surface area is 118 Å². The quantitative estimate of drug-likeness (QED) is 0.865. The summed E-state index contributed by atoms with van der Waals surface area (Å²) in [5, 5.41) is 2.81. The van der Waals surface area contributed by atoms with Crippen LogP contribution < -0.4 is 5.32 Å². The summed E-state index contributed by atoms with van der Waals surface area (Å²) in [7, 11) is -3.02. The third kappa shape index (κ3) is 3.48. The molecule has 1 atom stereocenters. The number of halogens is 1. The standard InChI is InChI=1S/C13H16ClNO3S/c1-13(6-7-19(17,18)9-13)15-12(16)11-4-2-10(8-14)3-5-11/h2-5H,6-9H2,1H3,(H,15,16). The molecule has 1 aromatic rings. The van der Waals surface area contributed by atoms with E-state index in [0.717, 1.165) is 5.56 Å². The van der Waals surface area contributed by atoms with E-state index in [1.54, 1.807) is 31.2 Å². The van der Waals surface area contributed by atoms with E-state index in [0.29, 0.717) is 17.9 Å². The average Bonchev–Trinajstić information content (AvgIpc) is 2.63. The number of sulfone groups is 1. The molecule has 1 N–H and O–H groups in total. The van der Waals surface area contributed by atoms with Gasteiger partial charge in [-0.15, -0.1) is 11.6 Å². The maximum atomic E-state index is 12.1. The van der Waals surface area contributed by atoms with Crippen molar-refractivity contribution in [2.45, 2.75) is 24.8 Å². The Morgan fingerprint density at radius 3 is 2.47 bits per heavy atom. The minimum Gasteiger partial charge on any atom is -0.346 e. The van der Waals surface area contributed by atoms with E-state index >= 15 is 0 Å². The molecule has 0 bridgehead atoms. The predicted octanol–water partition coefficient (Wildman–Crippen LogP) is 1.73. The lowest BCUT2D eigenvalue weighted by Gasteiger charge is -2.23. The van der Waals surface area contributed by atoms with Crippen molar-refractivity contribution in [3.05, 3.63) is 35.4 Å². The molecule has 6 heteroatoms. The first-order valence-electron chi connectivity index (χ1n) is 6.01. The van der Waals surface area contributed by atoms with Gasteiger partial charge < -0.3 is 5.32 Å². The molecule has 2 rings (SSSR count). The van der Waals surface area contributed by atoms with E-state index in [9.17, 15) is 13.2 Å². The fourth-order valence-corrected chi connectivity index (χ4v) is 4.47. The SMILES string of the molecule is CC1(NC(=O)c2ccc(CCl)cc2)CCS(=O)(=O)C1. The molecule has 19 heavy (non-hydrogen) atoms. The molecular weight excluding hydrogens is 286 g/mol. The molecule has 1 amide bonds. The van der Waals surface area contributed by atoms with Crippen LogP contribution in [0.1, 0.15) is 29.3 Å². The normalized spacial score (nSPS) is 25.2. The molecule has 1 unspecified atom stereocenters. The molecule has 1 heterocycles. The smallest absolute Gasteiger partial charge is 0.251 e. The molecule has 0 radical (unpaired) electrons. The second-order valence-electron chi connectivity index (χ2n) is 5.19. The minimum atomic E-state index is -3.02. The van der Waals surface area contributed by atoms with Crippen molar-refractivity contribution in [3.63, 3.8) is 0 Å². The second kappa shape index (κ2) is 5.13. The van der Waals surface area contributed by atoms with E-state index in [2.05, 4.69) is 5.32 Å². The molecular formula is C13H16ClNO3S. The van der Waals surface area contributed by atoms with E-state index in [1.807, 2.05) is 0 Å². The zero-order valence-corrected chi connectivity index (χ0v) is 12.2. The van der Waals surface area contributed by atoms with Crippen molar-refractivity contribution in [1.82, 2.24) is 5.32 Å². The van der Waals surface area contributed by atoms with Crippen LogP contribution in [0.4, 0.5) is 0 Å². The first-order valence-corrected chi connectivity index (χ1v) is 8.37. The summed E-state index contributed by atoms with van der Waals surface area (Å²) in [5.74, 6) is 0.291. The van der Waals surface area contributed by atoms with E-state index in [-0.39, 0.29) is 17.4 Å². The minimum absolute atomic E-state index is 0.00546. The summed E-state index contributed by atoms with van der Waals surface area (Å²) in [6.07, 6.45) is 0.459. The summed E-state index contributed by atoms with van der Waals surface area (Å²) in [5.41, 5.74) is 0.786. The highest BCUT2D eigenvalue weighted by molar-refractivity contribution is 7.91. The molecule has 0 aliphatic carbocycles. The fourth-order valence-electron chi connectivity index (χ4n) is 2.20. The van der Waals surface area contributed by atoms with Crippen LogP contribution in [0.2, 0.25) is 0 Å². The molecule has 0 aromatic heterocycles. The maximum Gasteiger partial charge on any atom is 0.251 e. The van der Waals surface area contributed by atoms with Gasteiger partial charge in [-0.25, -0.2) is 8.42 Å². The summed E-state index contributed by atoms with van der Waals surface area (Å²) in [6, 6.07) is 6.96. The molecule has 1 fully saturated rings. The van der Waals surface area contributed by atoms with Gasteiger partial charge in [-0.3, -0.25) is 4.79 Å². The summed E-state index contributed by atoms with van der Waals surface area (Å²) in [6.45, 7) is 1.77. The molecule has 4 nitrogen and oxygen atoms in total. The van der Waals surface area contributed by atoms with Crippen LogP contribution in [0.25, 0.3) is 0 Å². The Morgan fingerprint density at radius 1 is 1.37 bits per heavy atom. The lowest BCUT2D eigenvalue weighted by molar-refractivity contribution is 0.0915. The lowest BCUT2D eigenvalue weighted by Crippen LogP contribution is -2.46. The summed E-state index contributed by atoms with van der Waals surface area (Å²) in [4.78, 5) is 12.1. The second-order valence-corrected chi connectivity index (χ2v) is 7.64. The molecule has 0 saturated carbocycles. The van der Waals surface area contributed by atoms with Crippen LogP contribution in [-0.4, -0.2) is 31.4 Å². The third-order valence-corrected chi connectivity index (χ3v) is 5.50. The number of alkyl halides is 1. The van der Waals surface area contributed by atoms with E-state index in [1.165, 1.54) is 0 Å². The van der Waals surface area contributed by atoms with Gasteiger partial charge in [-0.2, -0.15) is 0 Å². The van der Waals surface area contributed by atoms with Crippen molar-refractivity contribution in [2.75, 3.05) is 11.5 Å². The first kappa shape index (κ1) is 14.3. The average molecular weight is 302 g/mol. The maximum absolute atomic E-state index is 12.1. The number of nitrogens with one attached hydrogen (secondary N) is 1. The Bertz CT molecular complexity index is 582. The zero-order valence-electron chi connectivity index (χ0n) is 10.6. The number of rotatable bonds is 3. The molecule has 0 spiro atoms. The van der Waals surface area contributed by atoms with E-state index < -0.39 is 15.4 Å². The number of hydrogen-bond donors (Lipinski definition) is 1. The van der Waals surface area contributed by atoms with Crippen LogP contribution in [0.15, 0.2) is 24.3 Å². The van der Waals surface area contributed by atoms with Gasteiger partial charge in [0.15, 0.2) is 9.84 Å². The van der Waals surface area contributed by atoms with Gasteiger partial charge in [-0.05, 0) is 31.0 Å². The van der Waals surface area contributed by atoms with E-state index in [4.69, 9.17) is 11.6 Å². The predicted molar refractivity (Wildman–Crippen MR) is 75.1 cm³/mol. The van der Waals surface area contributed by atoms with Crippen LogP contribution in [0.3, 0.4) is 0 Å². The van der Waals surface area contributed by atoms with Gasteiger partial charge in [0.05, 0.1) is 17.0 Å². The highest BCUT2D eigenvalue weighted by atomic mass is 35.5. The van der Waals surface area contributed by atoms with Crippen molar-refractivity contribution in [2.24, 2.45) is 0 Å². The highest BCUT2D eigenvalue weighted by Crippen LogP contribution is 2.23. The lowest BCUT2D eigenvalue weighted by atomic mass is 10.0. The van der Waals surface area contributed by atoms with Crippen LogP contribution in [0, 0.1) is 0 Å². The summed E-state index contributed by atoms with van der Waals surface area (Å²) >= 11 is 5.68. The highest BCUT2D eigenvalue weighted by Gasteiger charge is 2.39. The monoisotopic (exact) mass is 301 g/mol. The van der Waals surface area contributed by atoms with Crippen LogP contribution in [-0.2, 0) is 15.7 Å². The Hall–Kier alpha value is -1.07. The Morgan fingerprint density at radius 2 is 2.00 bits per heavy atom. The van der Waals surface area contributed by atoms with Gasteiger partial charge in [0.2, 0.25) is 0 Å². The topological polar surface area (TPSA) is 63.2 Å². The van der Waals surface area contributed by atoms with Crippen molar-refractivity contribution < 1.29 is 13.2 Å². The van der Waals surface area contributed by atoms with Gasteiger partial charge in [0, 0.05) is 11.4 Å². The van der Waals surface area contributed by atoms with Gasteiger partial charge >= 0.3 is 0 Å². The van der Waals surface area contributed by atoms with Gasteiger partial charge in [0.25, 0.3) is 5.91 Å². The van der Waals surface area contributed by atoms with Crippen LogP contribution >= 0.6 is 11.6 Å². The fraction of sp³-hybridized carbons (Fsp3) is 0.462. The number of carbonyl (C=O) groups is 1.